The molecule has 1 aromatic rings. The Hall–Kier alpha value is -0.810. The molecule has 5 heteroatoms. The molecule has 2 N–H and O–H groups in total. The third kappa shape index (κ3) is 2.72. The topological polar surface area (TPSA) is 59.5 Å². The van der Waals surface area contributed by atoms with Crippen molar-refractivity contribution < 1.29 is 9.21 Å². The third-order valence-corrected chi connectivity index (χ3v) is 3.92. The van der Waals surface area contributed by atoms with Crippen molar-refractivity contribution in [2.24, 2.45) is 11.7 Å². The highest BCUT2D eigenvalue weighted by Gasteiger charge is 2.28. The van der Waals surface area contributed by atoms with E-state index in [0.29, 0.717) is 16.2 Å². The first kappa shape index (κ1) is 12.6. The summed E-state index contributed by atoms with van der Waals surface area (Å²) >= 11 is 3.31. The number of carbonyl (C=O) groups is 1. The summed E-state index contributed by atoms with van der Waals surface area (Å²) in [5, 5.41) is 0. The highest BCUT2D eigenvalue weighted by molar-refractivity contribution is 9.10. The maximum absolute atomic E-state index is 12.2. The van der Waals surface area contributed by atoms with E-state index in [9.17, 15) is 4.79 Å². The summed E-state index contributed by atoms with van der Waals surface area (Å²) in [6.45, 7) is 3.51. The molecule has 1 aliphatic rings. The van der Waals surface area contributed by atoms with E-state index in [1.165, 1.54) is 6.26 Å². The molecule has 0 spiro atoms. The van der Waals surface area contributed by atoms with Crippen LogP contribution in [0.5, 0.6) is 0 Å². The van der Waals surface area contributed by atoms with Gasteiger partial charge in [-0.05, 0) is 47.7 Å². The number of amides is 1. The van der Waals surface area contributed by atoms with Gasteiger partial charge in [0.1, 0.15) is 0 Å². The lowest BCUT2D eigenvalue weighted by molar-refractivity contribution is 0.0628. The molecule has 0 saturated carbocycles. The van der Waals surface area contributed by atoms with Gasteiger partial charge in [0.2, 0.25) is 5.76 Å². The monoisotopic (exact) mass is 300 g/mol. The number of hydrogen-bond acceptors (Lipinski definition) is 3. The molecular formula is C12H17BrN2O2. The molecule has 2 rings (SSSR count). The number of carbonyl (C=O) groups excluding carboxylic acids is 1. The number of hydrogen-bond donors (Lipinski definition) is 1. The van der Waals surface area contributed by atoms with Crippen molar-refractivity contribution in [2.75, 3.05) is 13.1 Å². The second-order valence-corrected chi connectivity index (χ2v) is 5.46. The number of nitrogens with two attached hydrogens (primary N) is 1. The van der Waals surface area contributed by atoms with E-state index in [1.807, 2.05) is 11.8 Å². The molecule has 0 bridgehead atoms. The number of halogens is 1. The Morgan fingerprint density at radius 2 is 2.47 bits per heavy atom. The van der Waals surface area contributed by atoms with Crippen LogP contribution in [-0.4, -0.2) is 29.9 Å². The van der Waals surface area contributed by atoms with Gasteiger partial charge in [-0.15, -0.1) is 0 Å². The summed E-state index contributed by atoms with van der Waals surface area (Å²) in [7, 11) is 0. The summed E-state index contributed by atoms with van der Waals surface area (Å²) in [6.07, 6.45) is 3.63. The predicted octanol–water partition coefficient (Wildman–Crippen LogP) is 2.24. The molecule has 4 nitrogen and oxygen atoms in total. The zero-order chi connectivity index (χ0) is 12.4. The lowest BCUT2D eigenvalue weighted by atomic mass is 9.92. The van der Waals surface area contributed by atoms with Crippen LogP contribution < -0.4 is 5.73 Å². The standard InChI is InChI=1S/C12H17BrN2O2/c1-8(14)9-3-2-5-15(7-9)12(16)11-10(13)4-6-17-11/h4,6,8-9H,2-3,5,7,14H2,1H3/t8-,9+/m0/s1. The molecule has 1 aliphatic heterocycles. The number of furan rings is 1. The smallest absolute Gasteiger partial charge is 0.290 e. The molecule has 0 aliphatic carbocycles. The van der Waals surface area contributed by atoms with Crippen LogP contribution in [0.2, 0.25) is 0 Å². The van der Waals surface area contributed by atoms with Crippen LogP contribution in [0.25, 0.3) is 0 Å². The van der Waals surface area contributed by atoms with E-state index in [1.54, 1.807) is 6.07 Å². The van der Waals surface area contributed by atoms with Gasteiger partial charge in [0, 0.05) is 19.1 Å². The molecular weight excluding hydrogens is 284 g/mol. The van der Waals surface area contributed by atoms with Crippen molar-refractivity contribution in [3.8, 4) is 0 Å². The molecule has 1 amide bonds. The molecule has 1 aromatic heterocycles. The van der Waals surface area contributed by atoms with Gasteiger partial charge in [-0.2, -0.15) is 0 Å². The van der Waals surface area contributed by atoms with Gasteiger partial charge >= 0.3 is 0 Å². The van der Waals surface area contributed by atoms with E-state index in [-0.39, 0.29) is 11.9 Å². The van der Waals surface area contributed by atoms with Gasteiger partial charge in [-0.1, -0.05) is 0 Å². The van der Waals surface area contributed by atoms with Crippen LogP contribution in [0.4, 0.5) is 0 Å². The third-order valence-electron chi connectivity index (χ3n) is 3.30. The SMILES string of the molecule is C[C@H](N)[C@@H]1CCCN(C(=O)c2occc2Br)C1. The minimum Gasteiger partial charge on any atom is -0.458 e. The first-order valence-corrected chi connectivity index (χ1v) is 6.66. The van der Waals surface area contributed by atoms with E-state index in [0.717, 1.165) is 25.9 Å². The van der Waals surface area contributed by atoms with Crippen molar-refractivity contribution >= 4 is 21.8 Å². The molecule has 2 atom stereocenters. The first-order chi connectivity index (χ1) is 8.09. The molecule has 0 aromatic carbocycles. The summed E-state index contributed by atoms with van der Waals surface area (Å²) < 4.78 is 5.92. The van der Waals surface area contributed by atoms with Crippen molar-refractivity contribution in [2.45, 2.75) is 25.8 Å². The van der Waals surface area contributed by atoms with Crippen molar-refractivity contribution in [3.63, 3.8) is 0 Å². The second-order valence-electron chi connectivity index (χ2n) is 4.61. The maximum Gasteiger partial charge on any atom is 0.290 e. The zero-order valence-corrected chi connectivity index (χ0v) is 11.4. The van der Waals surface area contributed by atoms with Crippen LogP contribution in [0.3, 0.4) is 0 Å². The Kier molecular flexibility index (Phi) is 3.89. The molecule has 94 valence electrons. The summed E-state index contributed by atoms with van der Waals surface area (Å²) in [5.74, 6) is 0.726. The second kappa shape index (κ2) is 5.23. The maximum atomic E-state index is 12.2. The predicted molar refractivity (Wildman–Crippen MR) is 68.7 cm³/mol. The zero-order valence-electron chi connectivity index (χ0n) is 9.86. The summed E-state index contributed by atoms with van der Waals surface area (Å²) in [5.41, 5.74) is 5.91. The lowest BCUT2D eigenvalue weighted by Crippen LogP contribution is -2.45. The molecule has 1 saturated heterocycles. The van der Waals surface area contributed by atoms with Crippen molar-refractivity contribution in [1.29, 1.82) is 0 Å². The number of likely N-dealkylation sites (tertiary alicyclic amines) is 1. The number of rotatable bonds is 2. The van der Waals surface area contributed by atoms with Crippen molar-refractivity contribution in [3.05, 3.63) is 22.6 Å². The van der Waals surface area contributed by atoms with E-state index in [4.69, 9.17) is 10.2 Å². The van der Waals surface area contributed by atoms with E-state index >= 15 is 0 Å². The lowest BCUT2D eigenvalue weighted by Gasteiger charge is -2.34. The fourth-order valence-corrected chi connectivity index (χ4v) is 2.58. The highest BCUT2D eigenvalue weighted by Crippen LogP contribution is 2.24. The van der Waals surface area contributed by atoms with Gasteiger partial charge in [0.25, 0.3) is 5.91 Å². The Morgan fingerprint density at radius 3 is 3.06 bits per heavy atom. The Bertz CT molecular complexity index is 403. The normalized spacial score (nSPS) is 22.5. The molecule has 1 fully saturated rings. The first-order valence-electron chi connectivity index (χ1n) is 5.87. The number of nitrogens with zero attached hydrogens (tertiary/aromatic N) is 1. The van der Waals surface area contributed by atoms with Gasteiger partial charge < -0.3 is 15.1 Å². The van der Waals surface area contributed by atoms with Crippen LogP contribution >= 0.6 is 15.9 Å². The Labute approximate surface area is 109 Å². The van der Waals surface area contributed by atoms with E-state index < -0.39 is 0 Å². The fraction of sp³-hybridized carbons (Fsp3) is 0.583. The average molecular weight is 301 g/mol. The molecule has 2 heterocycles. The van der Waals surface area contributed by atoms with Gasteiger partial charge in [-0.3, -0.25) is 4.79 Å². The van der Waals surface area contributed by atoms with Crippen LogP contribution in [0.1, 0.15) is 30.3 Å². The van der Waals surface area contributed by atoms with Crippen molar-refractivity contribution in [1.82, 2.24) is 4.90 Å². The largest absolute Gasteiger partial charge is 0.458 e. The minimum absolute atomic E-state index is 0.0489. The highest BCUT2D eigenvalue weighted by atomic mass is 79.9. The Morgan fingerprint density at radius 1 is 1.71 bits per heavy atom. The Balaban J connectivity index is 2.07. The van der Waals surface area contributed by atoms with Crippen LogP contribution in [0.15, 0.2) is 21.2 Å². The van der Waals surface area contributed by atoms with E-state index in [2.05, 4.69) is 15.9 Å². The fourth-order valence-electron chi connectivity index (χ4n) is 2.21. The quantitative estimate of drug-likeness (QED) is 0.911. The van der Waals surface area contributed by atoms with Gasteiger partial charge in [0.15, 0.2) is 0 Å². The average Bonchev–Trinajstić information content (AvgIpc) is 2.74. The van der Waals surface area contributed by atoms with Gasteiger partial charge in [-0.25, -0.2) is 0 Å². The molecule has 0 unspecified atom stereocenters. The van der Waals surface area contributed by atoms with Crippen LogP contribution in [0, 0.1) is 5.92 Å². The summed E-state index contributed by atoms with van der Waals surface area (Å²) in [4.78, 5) is 14.0. The minimum atomic E-state index is -0.0489. The van der Waals surface area contributed by atoms with Crippen LogP contribution in [-0.2, 0) is 0 Å². The van der Waals surface area contributed by atoms with Gasteiger partial charge in [0.05, 0.1) is 10.7 Å². The molecule has 17 heavy (non-hydrogen) atoms. The molecule has 0 radical (unpaired) electrons. The summed E-state index contributed by atoms with van der Waals surface area (Å²) in [6, 6.07) is 1.87. The number of piperidine rings is 1.